The van der Waals surface area contributed by atoms with E-state index in [2.05, 4.69) is 5.32 Å². The summed E-state index contributed by atoms with van der Waals surface area (Å²) >= 11 is 0. The molecular weight excluding hydrogens is 345 g/mol. The molecule has 0 unspecified atom stereocenters. The fourth-order valence-electron chi connectivity index (χ4n) is 1.84. The van der Waals surface area contributed by atoms with Crippen molar-refractivity contribution in [2.75, 3.05) is 23.7 Å². The van der Waals surface area contributed by atoms with Crippen LogP contribution in [-0.2, 0) is 21.0 Å². The third-order valence-corrected chi connectivity index (χ3v) is 4.36. The van der Waals surface area contributed by atoms with E-state index in [1.807, 2.05) is 0 Å². The molecule has 1 aromatic carbocycles. The topological polar surface area (TPSA) is 66.5 Å². The van der Waals surface area contributed by atoms with Crippen molar-refractivity contribution in [3.05, 3.63) is 29.8 Å². The minimum Gasteiger partial charge on any atom is -0.354 e. The van der Waals surface area contributed by atoms with Crippen LogP contribution >= 0.6 is 0 Å². The van der Waals surface area contributed by atoms with E-state index < -0.39 is 27.2 Å². The molecule has 0 aromatic heterocycles. The molecule has 0 heterocycles. The van der Waals surface area contributed by atoms with Gasteiger partial charge in [-0.05, 0) is 24.3 Å². The van der Waals surface area contributed by atoms with Gasteiger partial charge >= 0.3 is 6.18 Å². The molecule has 0 radical (unpaired) electrons. The van der Waals surface area contributed by atoms with Gasteiger partial charge in [0.05, 0.1) is 24.1 Å². The first-order chi connectivity index (χ1) is 10.7. The third-order valence-electron chi connectivity index (χ3n) is 3.16. The Hall–Kier alpha value is -1.77. The van der Waals surface area contributed by atoms with Gasteiger partial charge in [-0.3, -0.25) is 9.10 Å². The molecule has 0 atom stereocenters. The van der Waals surface area contributed by atoms with E-state index in [0.29, 0.717) is 0 Å². The highest BCUT2D eigenvalue weighted by molar-refractivity contribution is 7.92. The van der Waals surface area contributed by atoms with Crippen molar-refractivity contribution in [1.82, 2.24) is 5.32 Å². The number of benzene rings is 1. The summed E-state index contributed by atoms with van der Waals surface area (Å²) in [6.07, 6.45) is -3.54. The molecule has 1 aromatic rings. The van der Waals surface area contributed by atoms with Gasteiger partial charge in [0, 0.05) is 12.0 Å². The lowest BCUT2D eigenvalue weighted by atomic mass is 9.96. The Morgan fingerprint density at radius 2 is 1.62 bits per heavy atom. The minimum atomic E-state index is -4.49. The van der Waals surface area contributed by atoms with Gasteiger partial charge < -0.3 is 5.32 Å². The molecule has 24 heavy (non-hydrogen) atoms. The Balaban J connectivity index is 2.90. The van der Waals surface area contributed by atoms with E-state index in [4.69, 9.17) is 0 Å². The largest absolute Gasteiger partial charge is 0.416 e. The summed E-state index contributed by atoms with van der Waals surface area (Å²) in [7, 11) is -3.70. The number of anilines is 1. The van der Waals surface area contributed by atoms with Gasteiger partial charge in [0.15, 0.2) is 0 Å². The van der Waals surface area contributed by atoms with Gasteiger partial charge in [-0.25, -0.2) is 8.42 Å². The van der Waals surface area contributed by atoms with E-state index in [9.17, 15) is 26.4 Å². The molecule has 0 saturated heterocycles. The highest BCUT2D eigenvalue weighted by atomic mass is 32.2. The van der Waals surface area contributed by atoms with Gasteiger partial charge in [-0.1, -0.05) is 20.8 Å². The number of alkyl halides is 3. The van der Waals surface area contributed by atoms with Crippen molar-refractivity contribution >= 4 is 21.6 Å². The van der Waals surface area contributed by atoms with Crippen LogP contribution in [-0.4, -0.2) is 33.7 Å². The van der Waals surface area contributed by atoms with Crippen LogP contribution in [0.3, 0.4) is 0 Å². The maximum Gasteiger partial charge on any atom is 0.416 e. The first-order valence-electron chi connectivity index (χ1n) is 7.16. The SMILES string of the molecule is CC(C)(C)C(=O)NCCN(c1ccc(C(F)(F)F)cc1)S(C)(=O)=O. The van der Waals surface area contributed by atoms with Crippen molar-refractivity contribution in [3.8, 4) is 0 Å². The number of sulfonamides is 1. The van der Waals surface area contributed by atoms with E-state index >= 15 is 0 Å². The zero-order valence-corrected chi connectivity index (χ0v) is 14.8. The fourth-order valence-corrected chi connectivity index (χ4v) is 2.77. The predicted molar refractivity (Wildman–Crippen MR) is 86.1 cm³/mol. The number of hydrogen-bond acceptors (Lipinski definition) is 3. The fraction of sp³-hybridized carbons (Fsp3) is 0.533. The first kappa shape index (κ1) is 20.3. The molecular formula is C15H21F3N2O3S. The summed E-state index contributed by atoms with van der Waals surface area (Å²) in [4.78, 5) is 11.8. The van der Waals surface area contributed by atoms with Crippen molar-refractivity contribution in [3.63, 3.8) is 0 Å². The van der Waals surface area contributed by atoms with Crippen LogP contribution in [0.5, 0.6) is 0 Å². The standard InChI is InChI=1S/C15H21F3N2O3S/c1-14(2,3)13(21)19-9-10-20(24(4,22)23)12-7-5-11(6-8-12)15(16,17)18/h5-8H,9-10H2,1-4H3,(H,19,21). The average Bonchev–Trinajstić information content (AvgIpc) is 2.40. The summed E-state index contributed by atoms with van der Waals surface area (Å²) in [6, 6.07) is 3.83. The van der Waals surface area contributed by atoms with Gasteiger partial charge in [0.25, 0.3) is 0 Å². The van der Waals surface area contributed by atoms with Crippen LogP contribution in [0.4, 0.5) is 18.9 Å². The molecule has 1 amide bonds. The number of amides is 1. The van der Waals surface area contributed by atoms with Gasteiger partial charge in [0.2, 0.25) is 15.9 Å². The Morgan fingerprint density at radius 3 is 2.00 bits per heavy atom. The molecule has 0 spiro atoms. The summed E-state index contributed by atoms with van der Waals surface area (Å²) in [6.45, 7) is 5.11. The van der Waals surface area contributed by atoms with Gasteiger partial charge in [-0.15, -0.1) is 0 Å². The minimum absolute atomic E-state index is 0.0458. The van der Waals surface area contributed by atoms with Crippen LogP contribution < -0.4 is 9.62 Å². The predicted octanol–water partition coefficient (Wildman–Crippen LogP) is 2.63. The molecule has 0 saturated carbocycles. The molecule has 0 aliphatic rings. The Bertz CT molecular complexity index is 677. The van der Waals surface area contributed by atoms with Crippen LogP contribution in [0.25, 0.3) is 0 Å². The smallest absolute Gasteiger partial charge is 0.354 e. The van der Waals surface area contributed by atoms with Crippen LogP contribution in [0.1, 0.15) is 26.3 Å². The van der Waals surface area contributed by atoms with Crippen molar-refractivity contribution in [2.45, 2.75) is 26.9 Å². The summed E-state index contributed by atoms with van der Waals surface area (Å²) in [5.41, 5.74) is -1.37. The van der Waals surface area contributed by atoms with Crippen LogP contribution in [0.2, 0.25) is 0 Å². The lowest BCUT2D eigenvalue weighted by Gasteiger charge is -2.24. The highest BCUT2D eigenvalue weighted by Gasteiger charge is 2.30. The second-order valence-corrected chi connectivity index (χ2v) is 8.29. The van der Waals surface area contributed by atoms with E-state index in [0.717, 1.165) is 34.8 Å². The molecule has 136 valence electrons. The van der Waals surface area contributed by atoms with Gasteiger partial charge in [-0.2, -0.15) is 13.2 Å². The Kier molecular flexibility index (Phi) is 5.91. The highest BCUT2D eigenvalue weighted by Crippen LogP contribution is 2.30. The Morgan fingerprint density at radius 1 is 1.12 bits per heavy atom. The normalized spacial score (nSPS) is 12.8. The van der Waals surface area contributed by atoms with Crippen molar-refractivity contribution in [2.24, 2.45) is 5.41 Å². The second kappa shape index (κ2) is 7.00. The molecule has 0 aliphatic heterocycles. The molecule has 0 bridgehead atoms. The molecule has 1 rings (SSSR count). The van der Waals surface area contributed by atoms with E-state index in [-0.39, 0.29) is 24.7 Å². The monoisotopic (exact) mass is 366 g/mol. The molecule has 0 fully saturated rings. The van der Waals surface area contributed by atoms with Crippen molar-refractivity contribution < 1.29 is 26.4 Å². The number of nitrogens with zero attached hydrogens (tertiary/aromatic N) is 1. The summed E-state index contributed by atoms with van der Waals surface area (Å²) < 4.78 is 62.4. The third kappa shape index (κ3) is 5.70. The number of hydrogen-bond donors (Lipinski definition) is 1. The van der Waals surface area contributed by atoms with Gasteiger partial charge in [0.1, 0.15) is 0 Å². The van der Waals surface area contributed by atoms with E-state index in [1.165, 1.54) is 0 Å². The number of carbonyl (C=O) groups is 1. The number of halogens is 3. The zero-order chi connectivity index (χ0) is 18.8. The molecule has 9 heteroatoms. The number of nitrogens with one attached hydrogen (secondary N) is 1. The second-order valence-electron chi connectivity index (χ2n) is 6.39. The summed E-state index contributed by atoms with van der Waals surface area (Å²) in [5, 5.41) is 2.61. The molecule has 5 nitrogen and oxygen atoms in total. The van der Waals surface area contributed by atoms with Crippen molar-refractivity contribution in [1.29, 1.82) is 0 Å². The average molecular weight is 366 g/mol. The van der Waals surface area contributed by atoms with E-state index in [1.54, 1.807) is 20.8 Å². The Labute approximate surface area is 139 Å². The first-order valence-corrected chi connectivity index (χ1v) is 9.01. The lowest BCUT2D eigenvalue weighted by Crippen LogP contribution is -2.41. The maximum absolute atomic E-state index is 12.6. The number of carbonyl (C=O) groups excluding carboxylic acids is 1. The molecule has 1 N–H and O–H groups in total. The quantitative estimate of drug-likeness (QED) is 0.871. The zero-order valence-electron chi connectivity index (χ0n) is 13.9. The maximum atomic E-state index is 12.6. The van der Waals surface area contributed by atoms with Crippen LogP contribution in [0.15, 0.2) is 24.3 Å². The van der Waals surface area contributed by atoms with Crippen LogP contribution in [0, 0.1) is 5.41 Å². The summed E-state index contributed by atoms with van der Waals surface area (Å²) in [5.74, 6) is -0.247. The lowest BCUT2D eigenvalue weighted by molar-refractivity contribution is -0.137. The molecule has 0 aliphatic carbocycles. The number of rotatable bonds is 5.